The van der Waals surface area contributed by atoms with E-state index in [0.29, 0.717) is 47.7 Å². The first kappa shape index (κ1) is 16.1. The lowest BCUT2D eigenvalue weighted by atomic mass is 10.2. The minimum Gasteiger partial charge on any atom is -0.492 e. The second-order valence-corrected chi connectivity index (χ2v) is 5.57. The number of benzene rings is 1. The predicted octanol–water partition coefficient (Wildman–Crippen LogP) is 3.92. The number of carbonyl (C=O) groups is 1. The number of amides is 1. The standard InChI is InChI=1S/C14H19Cl2NO2/c1-10(2)9-17-14(18)4-3-7-19-13-6-5-11(15)8-12(13)16/h5-6,8,10H,3-4,7,9H2,1-2H3,(H,17,18). The number of hydrogen-bond donors (Lipinski definition) is 1. The number of rotatable bonds is 7. The monoisotopic (exact) mass is 303 g/mol. The quantitative estimate of drug-likeness (QED) is 0.775. The summed E-state index contributed by atoms with van der Waals surface area (Å²) in [5.74, 6) is 1.11. The molecule has 5 heteroatoms. The van der Waals surface area contributed by atoms with Gasteiger partial charge in [0.1, 0.15) is 5.75 Å². The molecule has 1 N–H and O–H groups in total. The van der Waals surface area contributed by atoms with Crippen molar-refractivity contribution in [3.8, 4) is 5.75 Å². The van der Waals surface area contributed by atoms with Crippen LogP contribution in [0.25, 0.3) is 0 Å². The minimum atomic E-state index is 0.0551. The maximum absolute atomic E-state index is 11.5. The van der Waals surface area contributed by atoms with Crippen LogP contribution in [-0.4, -0.2) is 19.1 Å². The Labute approximate surface area is 124 Å². The summed E-state index contributed by atoms with van der Waals surface area (Å²) < 4.78 is 5.50. The van der Waals surface area contributed by atoms with Crippen molar-refractivity contribution >= 4 is 29.1 Å². The molecule has 1 rings (SSSR count). The number of hydrogen-bond acceptors (Lipinski definition) is 2. The highest BCUT2D eigenvalue weighted by molar-refractivity contribution is 6.35. The van der Waals surface area contributed by atoms with E-state index in [4.69, 9.17) is 27.9 Å². The topological polar surface area (TPSA) is 38.3 Å². The molecule has 0 saturated carbocycles. The predicted molar refractivity (Wildman–Crippen MR) is 79.0 cm³/mol. The summed E-state index contributed by atoms with van der Waals surface area (Å²) in [6.07, 6.45) is 1.11. The Balaban J connectivity index is 2.22. The van der Waals surface area contributed by atoms with Gasteiger partial charge in [-0.2, -0.15) is 0 Å². The van der Waals surface area contributed by atoms with Crippen molar-refractivity contribution in [1.82, 2.24) is 5.32 Å². The molecular weight excluding hydrogens is 285 g/mol. The third-order valence-corrected chi connectivity index (χ3v) is 2.94. The SMILES string of the molecule is CC(C)CNC(=O)CCCOc1ccc(Cl)cc1Cl. The van der Waals surface area contributed by atoms with Crippen LogP contribution in [0.3, 0.4) is 0 Å². The first-order valence-corrected chi connectivity index (χ1v) is 7.09. The first-order chi connectivity index (χ1) is 8.99. The molecule has 19 heavy (non-hydrogen) atoms. The third-order valence-electron chi connectivity index (χ3n) is 2.41. The average molecular weight is 304 g/mol. The van der Waals surface area contributed by atoms with Crippen molar-refractivity contribution < 1.29 is 9.53 Å². The molecule has 0 saturated heterocycles. The molecule has 0 heterocycles. The van der Waals surface area contributed by atoms with Gasteiger partial charge in [-0.3, -0.25) is 4.79 Å². The summed E-state index contributed by atoms with van der Waals surface area (Å²) in [7, 11) is 0. The highest BCUT2D eigenvalue weighted by Crippen LogP contribution is 2.27. The van der Waals surface area contributed by atoms with Crippen LogP contribution >= 0.6 is 23.2 Å². The molecule has 0 spiro atoms. The lowest BCUT2D eigenvalue weighted by Gasteiger charge is -2.09. The Hall–Kier alpha value is -0.930. The smallest absolute Gasteiger partial charge is 0.220 e. The molecular formula is C14H19Cl2NO2. The second-order valence-electron chi connectivity index (χ2n) is 4.72. The fourth-order valence-corrected chi connectivity index (χ4v) is 1.88. The van der Waals surface area contributed by atoms with Crippen LogP contribution < -0.4 is 10.1 Å². The Morgan fingerprint density at radius 2 is 2.11 bits per heavy atom. The number of carbonyl (C=O) groups excluding carboxylic acids is 1. The van der Waals surface area contributed by atoms with Crippen molar-refractivity contribution in [2.45, 2.75) is 26.7 Å². The van der Waals surface area contributed by atoms with Gasteiger partial charge >= 0.3 is 0 Å². The molecule has 0 aliphatic rings. The first-order valence-electron chi connectivity index (χ1n) is 6.33. The normalized spacial score (nSPS) is 10.6. The lowest BCUT2D eigenvalue weighted by Crippen LogP contribution is -2.27. The van der Waals surface area contributed by atoms with Crippen LogP contribution in [0.1, 0.15) is 26.7 Å². The van der Waals surface area contributed by atoms with E-state index in [2.05, 4.69) is 19.2 Å². The maximum Gasteiger partial charge on any atom is 0.220 e. The summed E-state index contributed by atoms with van der Waals surface area (Å²) in [4.78, 5) is 11.5. The van der Waals surface area contributed by atoms with Crippen molar-refractivity contribution in [2.24, 2.45) is 5.92 Å². The zero-order chi connectivity index (χ0) is 14.3. The fraction of sp³-hybridized carbons (Fsp3) is 0.500. The molecule has 106 valence electrons. The van der Waals surface area contributed by atoms with Crippen molar-refractivity contribution in [1.29, 1.82) is 0 Å². The summed E-state index contributed by atoms with van der Waals surface area (Å²) in [6, 6.07) is 5.08. The van der Waals surface area contributed by atoms with E-state index in [1.54, 1.807) is 18.2 Å². The fourth-order valence-electron chi connectivity index (χ4n) is 1.41. The zero-order valence-electron chi connectivity index (χ0n) is 11.2. The van der Waals surface area contributed by atoms with Crippen LogP contribution in [0.15, 0.2) is 18.2 Å². The molecule has 3 nitrogen and oxygen atoms in total. The Bertz CT molecular complexity index is 422. The van der Waals surface area contributed by atoms with Gasteiger partial charge in [0, 0.05) is 18.0 Å². The second kappa shape index (κ2) is 8.28. The van der Waals surface area contributed by atoms with Crippen molar-refractivity contribution in [3.63, 3.8) is 0 Å². The summed E-state index contributed by atoms with van der Waals surface area (Å²) in [6.45, 7) is 5.29. The average Bonchev–Trinajstić information content (AvgIpc) is 2.34. The Morgan fingerprint density at radius 3 is 2.74 bits per heavy atom. The molecule has 1 aromatic rings. The van der Waals surface area contributed by atoms with Crippen LogP contribution in [0.5, 0.6) is 5.75 Å². The molecule has 0 unspecified atom stereocenters. The van der Waals surface area contributed by atoms with E-state index in [-0.39, 0.29) is 5.91 Å². The van der Waals surface area contributed by atoms with E-state index in [1.807, 2.05) is 0 Å². The summed E-state index contributed by atoms with van der Waals surface area (Å²) in [5, 5.41) is 3.92. The lowest BCUT2D eigenvalue weighted by molar-refractivity contribution is -0.121. The highest BCUT2D eigenvalue weighted by Gasteiger charge is 2.04. The van der Waals surface area contributed by atoms with E-state index in [9.17, 15) is 4.79 Å². The summed E-state index contributed by atoms with van der Waals surface area (Å²) >= 11 is 11.8. The summed E-state index contributed by atoms with van der Waals surface area (Å²) in [5.41, 5.74) is 0. The van der Waals surface area contributed by atoms with Crippen LogP contribution in [0, 0.1) is 5.92 Å². The van der Waals surface area contributed by atoms with Gasteiger partial charge in [-0.25, -0.2) is 0 Å². The molecule has 0 aliphatic carbocycles. The van der Waals surface area contributed by atoms with Crippen molar-refractivity contribution in [3.05, 3.63) is 28.2 Å². The van der Waals surface area contributed by atoms with Crippen LogP contribution in [0.2, 0.25) is 10.0 Å². The van der Waals surface area contributed by atoms with E-state index in [0.717, 1.165) is 0 Å². The van der Waals surface area contributed by atoms with E-state index in [1.165, 1.54) is 0 Å². The molecule has 1 amide bonds. The van der Waals surface area contributed by atoms with E-state index < -0.39 is 0 Å². The molecule has 0 radical (unpaired) electrons. The number of nitrogens with one attached hydrogen (secondary N) is 1. The van der Waals surface area contributed by atoms with Crippen LogP contribution in [-0.2, 0) is 4.79 Å². The van der Waals surface area contributed by atoms with Gasteiger partial charge in [-0.05, 0) is 30.5 Å². The Kier molecular flexibility index (Phi) is 7.03. The van der Waals surface area contributed by atoms with Gasteiger partial charge in [-0.15, -0.1) is 0 Å². The molecule has 0 fully saturated rings. The van der Waals surface area contributed by atoms with Gasteiger partial charge in [0.25, 0.3) is 0 Å². The zero-order valence-corrected chi connectivity index (χ0v) is 12.7. The van der Waals surface area contributed by atoms with Gasteiger partial charge in [0.2, 0.25) is 5.91 Å². The molecule has 0 aromatic heterocycles. The largest absolute Gasteiger partial charge is 0.492 e. The van der Waals surface area contributed by atoms with Gasteiger partial charge < -0.3 is 10.1 Å². The third kappa shape index (κ3) is 6.69. The molecule has 0 aliphatic heterocycles. The van der Waals surface area contributed by atoms with Gasteiger partial charge in [-0.1, -0.05) is 37.0 Å². The van der Waals surface area contributed by atoms with Gasteiger partial charge in [0.05, 0.1) is 11.6 Å². The number of halogens is 2. The molecule has 0 bridgehead atoms. The highest BCUT2D eigenvalue weighted by atomic mass is 35.5. The minimum absolute atomic E-state index is 0.0551. The van der Waals surface area contributed by atoms with Crippen LogP contribution in [0.4, 0.5) is 0 Å². The molecule has 0 atom stereocenters. The Morgan fingerprint density at radius 1 is 1.37 bits per heavy atom. The molecule has 1 aromatic carbocycles. The number of ether oxygens (including phenoxy) is 1. The van der Waals surface area contributed by atoms with Crippen molar-refractivity contribution in [2.75, 3.05) is 13.2 Å². The van der Waals surface area contributed by atoms with E-state index >= 15 is 0 Å². The van der Waals surface area contributed by atoms with Gasteiger partial charge in [0.15, 0.2) is 0 Å². The maximum atomic E-state index is 11.5.